The molecule has 2 aliphatic rings. The molecule has 1 heterocycles. The molecule has 0 bridgehead atoms. The van der Waals surface area contributed by atoms with E-state index in [-0.39, 0.29) is 11.9 Å². The smallest absolute Gasteiger partial charge is 0.400 e. The number of benzene rings is 1. The van der Waals surface area contributed by atoms with E-state index in [1.807, 2.05) is 0 Å². The van der Waals surface area contributed by atoms with Crippen molar-refractivity contribution in [2.24, 2.45) is 21.5 Å². The van der Waals surface area contributed by atoms with Crippen LogP contribution in [0.25, 0.3) is 0 Å². The number of alkyl halides is 3. The summed E-state index contributed by atoms with van der Waals surface area (Å²) in [5, 5.41) is 11.0. The van der Waals surface area contributed by atoms with Crippen molar-refractivity contribution in [2.45, 2.75) is 44.1 Å². The first-order chi connectivity index (χ1) is 13.0. The zero-order valence-corrected chi connectivity index (χ0v) is 14.4. The minimum Gasteiger partial charge on any atom is -0.400 e. The van der Waals surface area contributed by atoms with Crippen molar-refractivity contribution in [3.63, 3.8) is 0 Å². The first-order valence-electron chi connectivity index (χ1n) is 8.26. The highest BCUT2D eigenvalue weighted by atomic mass is 19.4. The Kier molecular flexibility index (Phi) is 4.77. The van der Waals surface area contributed by atoms with Gasteiger partial charge in [-0.15, -0.1) is 13.2 Å². The number of rotatable bonds is 3. The molecule has 1 aliphatic heterocycles. The standard InChI is InChI=1S/C15H16F4N6O3/c16-10-8(25(26)27)4-5-9(11(10)28-15(17,18)19)24-13(21)22-12(20)23-14(24)6-2-1-3-7-14/h4-5H,1-3,6-7H2,(H4,20,21,22,23). The summed E-state index contributed by atoms with van der Waals surface area (Å²) in [5.74, 6) is -3.62. The van der Waals surface area contributed by atoms with Crippen LogP contribution in [0.3, 0.4) is 0 Å². The molecule has 1 spiro atoms. The quantitative estimate of drug-likeness (QED) is 0.452. The maximum atomic E-state index is 14.6. The summed E-state index contributed by atoms with van der Waals surface area (Å²) in [6.07, 6.45) is -2.35. The van der Waals surface area contributed by atoms with Crippen LogP contribution in [-0.2, 0) is 0 Å². The van der Waals surface area contributed by atoms with E-state index in [2.05, 4.69) is 14.7 Å². The lowest BCUT2D eigenvalue weighted by atomic mass is 9.87. The second-order valence-electron chi connectivity index (χ2n) is 6.37. The van der Waals surface area contributed by atoms with Gasteiger partial charge in [0.2, 0.25) is 17.7 Å². The van der Waals surface area contributed by atoms with Gasteiger partial charge in [-0.05, 0) is 31.7 Å². The van der Waals surface area contributed by atoms with Gasteiger partial charge in [-0.1, -0.05) is 6.42 Å². The summed E-state index contributed by atoms with van der Waals surface area (Å²) in [5.41, 5.74) is 8.77. The molecule has 1 fully saturated rings. The Balaban J connectivity index is 2.21. The van der Waals surface area contributed by atoms with Gasteiger partial charge in [0.25, 0.3) is 0 Å². The van der Waals surface area contributed by atoms with Gasteiger partial charge in [0.05, 0.1) is 10.6 Å². The van der Waals surface area contributed by atoms with Crippen molar-refractivity contribution in [3.8, 4) is 5.75 Å². The molecule has 152 valence electrons. The topological polar surface area (TPSA) is 132 Å². The predicted octanol–water partition coefficient (Wildman–Crippen LogP) is 2.74. The Morgan fingerprint density at radius 1 is 1.21 bits per heavy atom. The lowest BCUT2D eigenvalue weighted by molar-refractivity contribution is -0.387. The third-order valence-electron chi connectivity index (χ3n) is 4.56. The highest BCUT2D eigenvalue weighted by Crippen LogP contribution is 2.46. The molecule has 1 saturated carbocycles. The van der Waals surface area contributed by atoms with Crippen LogP contribution in [0.4, 0.5) is 28.9 Å². The molecule has 0 saturated heterocycles. The Morgan fingerprint density at radius 2 is 1.86 bits per heavy atom. The average Bonchev–Trinajstić information content (AvgIpc) is 2.56. The number of nitrogens with two attached hydrogens (primary N) is 2. The maximum absolute atomic E-state index is 14.6. The van der Waals surface area contributed by atoms with Crippen LogP contribution >= 0.6 is 0 Å². The van der Waals surface area contributed by atoms with Crippen molar-refractivity contribution in [3.05, 3.63) is 28.1 Å². The molecule has 0 unspecified atom stereocenters. The fourth-order valence-electron chi connectivity index (χ4n) is 3.54. The number of aliphatic imine (C=N–C) groups is 2. The molecule has 1 aliphatic carbocycles. The molecular formula is C15H16F4N6O3. The van der Waals surface area contributed by atoms with Gasteiger partial charge in [0.1, 0.15) is 5.66 Å². The lowest BCUT2D eigenvalue weighted by Gasteiger charge is -2.45. The van der Waals surface area contributed by atoms with E-state index in [9.17, 15) is 27.7 Å². The lowest BCUT2D eigenvalue weighted by Crippen LogP contribution is -2.58. The molecule has 0 radical (unpaired) electrons. The monoisotopic (exact) mass is 404 g/mol. The highest BCUT2D eigenvalue weighted by Gasteiger charge is 2.46. The Bertz CT molecular complexity index is 864. The molecule has 3 rings (SSSR count). The molecule has 9 nitrogen and oxygen atoms in total. The molecule has 0 aromatic heterocycles. The van der Waals surface area contributed by atoms with Gasteiger partial charge in [-0.2, -0.15) is 9.38 Å². The first-order valence-corrected chi connectivity index (χ1v) is 8.26. The van der Waals surface area contributed by atoms with Crippen molar-refractivity contribution in [1.82, 2.24) is 0 Å². The van der Waals surface area contributed by atoms with Crippen LogP contribution in [0.1, 0.15) is 32.1 Å². The number of hydrogen-bond acceptors (Lipinski definition) is 8. The van der Waals surface area contributed by atoms with Gasteiger partial charge in [-0.25, -0.2) is 4.99 Å². The Labute approximate surface area is 155 Å². The minimum absolute atomic E-state index is 0.156. The van der Waals surface area contributed by atoms with Crippen LogP contribution < -0.4 is 21.1 Å². The third-order valence-corrected chi connectivity index (χ3v) is 4.56. The highest BCUT2D eigenvalue weighted by molar-refractivity contribution is 6.06. The fraction of sp³-hybridized carbons (Fsp3) is 0.467. The molecule has 0 atom stereocenters. The number of halogens is 4. The van der Waals surface area contributed by atoms with Gasteiger partial charge in [0.15, 0.2) is 5.75 Å². The second kappa shape index (κ2) is 6.80. The summed E-state index contributed by atoms with van der Waals surface area (Å²) >= 11 is 0. The summed E-state index contributed by atoms with van der Waals surface area (Å²) in [7, 11) is 0. The normalized spacial score (nSPS) is 19.2. The van der Waals surface area contributed by atoms with Crippen LogP contribution in [0.2, 0.25) is 0 Å². The van der Waals surface area contributed by atoms with E-state index in [0.29, 0.717) is 25.7 Å². The van der Waals surface area contributed by atoms with Crippen LogP contribution in [0, 0.1) is 15.9 Å². The van der Waals surface area contributed by atoms with Gasteiger partial charge in [-0.3, -0.25) is 15.0 Å². The van der Waals surface area contributed by atoms with Crippen LogP contribution in [0.15, 0.2) is 22.1 Å². The summed E-state index contributed by atoms with van der Waals surface area (Å²) in [6, 6.07) is 1.66. The van der Waals surface area contributed by atoms with Gasteiger partial charge < -0.3 is 16.2 Å². The fourth-order valence-corrected chi connectivity index (χ4v) is 3.54. The SMILES string of the molecule is NC1=NC2(CCCCC2)N(c2ccc([N+](=O)[O-])c(F)c2OC(F)(F)F)C(N)=N1. The van der Waals surface area contributed by atoms with Gasteiger partial charge >= 0.3 is 12.0 Å². The van der Waals surface area contributed by atoms with E-state index in [4.69, 9.17) is 11.5 Å². The van der Waals surface area contributed by atoms with Crippen LogP contribution in [0.5, 0.6) is 5.75 Å². The molecular weight excluding hydrogens is 388 g/mol. The Morgan fingerprint density at radius 3 is 2.43 bits per heavy atom. The maximum Gasteiger partial charge on any atom is 0.573 e. The van der Waals surface area contributed by atoms with Crippen molar-refractivity contribution >= 4 is 23.3 Å². The van der Waals surface area contributed by atoms with E-state index in [1.165, 1.54) is 0 Å². The summed E-state index contributed by atoms with van der Waals surface area (Å²) in [6.45, 7) is 0. The van der Waals surface area contributed by atoms with E-state index in [0.717, 1.165) is 23.5 Å². The van der Waals surface area contributed by atoms with Crippen molar-refractivity contribution in [2.75, 3.05) is 4.90 Å². The number of hydrogen-bond donors (Lipinski definition) is 2. The van der Waals surface area contributed by atoms with Crippen molar-refractivity contribution < 1.29 is 27.2 Å². The average molecular weight is 404 g/mol. The number of nitro groups is 1. The zero-order valence-electron chi connectivity index (χ0n) is 14.4. The number of anilines is 1. The van der Waals surface area contributed by atoms with E-state index in [1.54, 1.807) is 0 Å². The van der Waals surface area contributed by atoms with E-state index >= 15 is 0 Å². The van der Waals surface area contributed by atoms with Gasteiger partial charge in [0, 0.05) is 6.07 Å². The Hall–Kier alpha value is -3.12. The van der Waals surface area contributed by atoms with Crippen molar-refractivity contribution in [1.29, 1.82) is 0 Å². The third kappa shape index (κ3) is 3.51. The minimum atomic E-state index is -5.30. The second-order valence-corrected chi connectivity index (χ2v) is 6.37. The van der Waals surface area contributed by atoms with Crippen LogP contribution in [-0.4, -0.2) is 28.9 Å². The largest absolute Gasteiger partial charge is 0.573 e. The zero-order chi connectivity index (χ0) is 20.7. The molecule has 13 heteroatoms. The number of ether oxygens (including phenoxy) is 1. The predicted molar refractivity (Wildman–Crippen MR) is 91.3 cm³/mol. The molecule has 4 N–H and O–H groups in total. The number of guanidine groups is 2. The number of nitrogens with zero attached hydrogens (tertiary/aromatic N) is 4. The molecule has 1 aromatic rings. The molecule has 0 amide bonds. The summed E-state index contributed by atoms with van der Waals surface area (Å²) in [4.78, 5) is 19.0. The number of nitro benzene ring substituents is 1. The first kappa shape index (κ1) is 19.6. The van der Waals surface area contributed by atoms with E-state index < -0.39 is 39.9 Å². The molecule has 28 heavy (non-hydrogen) atoms. The summed E-state index contributed by atoms with van der Waals surface area (Å²) < 4.78 is 57.1. The molecule has 1 aromatic carbocycles.